The maximum Gasteiger partial charge on any atom is 0.252 e. The number of hydrogen-bond donors (Lipinski definition) is 1. The minimum Gasteiger partial charge on any atom is -0.496 e. The highest BCUT2D eigenvalue weighted by atomic mass is 16.5. The minimum atomic E-state index is -0.477. The average molecular weight is 401 g/mol. The van der Waals surface area contributed by atoms with Crippen LogP contribution >= 0.6 is 0 Å². The predicted molar refractivity (Wildman–Crippen MR) is 115 cm³/mol. The molecule has 0 aliphatic heterocycles. The van der Waals surface area contributed by atoms with E-state index in [0.29, 0.717) is 22.7 Å². The molecule has 152 valence electrons. The second-order valence-corrected chi connectivity index (χ2v) is 7.14. The standard InChI is InChI=1S/C23H23N5O2/c1-14-15(2)26-19-13-16(9-10-18(19)25-14)23(29)27-21(22-24-11-12-28(22)3)17-7-5-6-8-20(17)30-4/h5-13,21H,1-4H3,(H,27,29)/t21-/m1/s1. The number of para-hydroxylation sites is 1. The van der Waals surface area contributed by atoms with Crippen molar-refractivity contribution in [1.29, 1.82) is 0 Å². The normalized spacial score (nSPS) is 12.0. The first-order valence-corrected chi connectivity index (χ1v) is 9.64. The van der Waals surface area contributed by atoms with Crippen molar-refractivity contribution in [3.8, 4) is 5.75 Å². The van der Waals surface area contributed by atoms with Gasteiger partial charge in [0.1, 0.15) is 17.6 Å². The Balaban J connectivity index is 1.73. The molecular weight excluding hydrogens is 378 g/mol. The molecule has 2 heterocycles. The Hall–Kier alpha value is -3.74. The molecule has 0 saturated carbocycles. The number of ether oxygens (including phenoxy) is 1. The molecule has 30 heavy (non-hydrogen) atoms. The number of methoxy groups -OCH3 is 1. The number of carbonyl (C=O) groups is 1. The van der Waals surface area contributed by atoms with E-state index in [4.69, 9.17) is 4.74 Å². The molecular formula is C23H23N5O2. The van der Waals surface area contributed by atoms with Gasteiger partial charge in [-0.2, -0.15) is 0 Å². The fourth-order valence-electron chi connectivity index (χ4n) is 3.43. The molecule has 0 radical (unpaired) electrons. The van der Waals surface area contributed by atoms with Crippen LogP contribution in [0.5, 0.6) is 5.75 Å². The number of carbonyl (C=O) groups excluding carboxylic acids is 1. The number of nitrogens with zero attached hydrogens (tertiary/aromatic N) is 4. The Kier molecular flexibility index (Phi) is 5.18. The van der Waals surface area contributed by atoms with E-state index in [2.05, 4.69) is 20.3 Å². The van der Waals surface area contributed by atoms with Crippen molar-refractivity contribution in [1.82, 2.24) is 24.8 Å². The van der Waals surface area contributed by atoms with Crippen LogP contribution in [-0.2, 0) is 7.05 Å². The highest BCUT2D eigenvalue weighted by molar-refractivity contribution is 5.97. The third kappa shape index (κ3) is 3.61. The van der Waals surface area contributed by atoms with Crippen LogP contribution in [0.25, 0.3) is 11.0 Å². The van der Waals surface area contributed by atoms with Crippen molar-refractivity contribution < 1.29 is 9.53 Å². The van der Waals surface area contributed by atoms with Gasteiger partial charge >= 0.3 is 0 Å². The van der Waals surface area contributed by atoms with Gasteiger partial charge in [-0.05, 0) is 38.1 Å². The number of hydrogen-bond acceptors (Lipinski definition) is 5. The van der Waals surface area contributed by atoms with Gasteiger partial charge in [-0.3, -0.25) is 4.79 Å². The van der Waals surface area contributed by atoms with E-state index in [1.54, 1.807) is 25.4 Å². The fourth-order valence-corrected chi connectivity index (χ4v) is 3.43. The van der Waals surface area contributed by atoms with Gasteiger partial charge in [-0.25, -0.2) is 15.0 Å². The topological polar surface area (TPSA) is 81.9 Å². The smallest absolute Gasteiger partial charge is 0.252 e. The quantitative estimate of drug-likeness (QED) is 0.553. The van der Waals surface area contributed by atoms with E-state index in [0.717, 1.165) is 22.5 Å². The molecule has 0 aliphatic carbocycles. The Labute approximate surface area is 174 Å². The lowest BCUT2D eigenvalue weighted by Gasteiger charge is -2.21. The second-order valence-electron chi connectivity index (χ2n) is 7.14. The number of nitrogens with one attached hydrogen (secondary N) is 1. The SMILES string of the molecule is COc1ccccc1[C@@H](NC(=O)c1ccc2nc(C)c(C)nc2c1)c1nccn1C. The summed E-state index contributed by atoms with van der Waals surface area (Å²) in [6, 6.07) is 12.5. The van der Waals surface area contributed by atoms with Crippen molar-refractivity contribution in [3.63, 3.8) is 0 Å². The molecule has 1 amide bonds. The van der Waals surface area contributed by atoms with E-state index in [1.165, 1.54) is 0 Å². The highest BCUT2D eigenvalue weighted by Crippen LogP contribution is 2.29. The van der Waals surface area contributed by atoms with E-state index in [9.17, 15) is 4.79 Å². The van der Waals surface area contributed by atoms with E-state index in [1.807, 2.05) is 62.0 Å². The Bertz CT molecular complexity index is 1230. The van der Waals surface area contributed by atoms with Crippen molar-refractivity contribution >= 4 is 16.9 Å². The van der Waals surface area contributed by atoms with Gasteiger partial charge in [0.05, 0.1) is 29.5 Å². The monoisotopic (exact) mass is 401 g/mol. The molecule has 2 aromatic heterocycles. The Morgan fingerprint density at radius 2 is 1.80 bits per heavy atom. The zero-order chi connectivity index (χ0) is 21.3. The van der Waals surface area contributed by atoms with E-state index >= 15 is 0 Å². The summed E-state index contributed by atoms with van der Waals surface area (Å²) < 4.78 is 7.41. The Morgan fingerprint density at radius 3 is 2.50 bits per heavy atom. The fraction of sp³-hybridized carbons (Fsp3) is 0.217. The molecule has 4 rings (SSSR count). The molecule has 7 nitrogen and oxygen atoms in total. The van der Waals surface area contributed by atoms with Gasteiger partial charge < -0.3 is 14.6 Å². The number of benzene rings is 2. The third-order valence-corrected chi connectivity index (χ3v) is 5.18. The summed E-state index contributed by atoms with van der Waals surface area (Å²) >= 11 is 0. The molecule has 1 atom stereocenters. The lowest BCUT2D eigenvalue weighted by atomic mass is 10.0. The molecule has 0 fully saturated rings. The summed E-state index contributed by atoms with van der Waals surface area (Å²) in [6.45, 7) is 3.83. The van der Waals surface area contributed by atoms with Crippen LogP contribution in [0.4, 0.5) is 0 Å². The molecule has 0 bridgehead atoms. The van der Waals surface area contributed by atoms with Crippen LogP contribution < -0.4 is 10.1 Å². The summed E-state index contributed by atoms with van der Waals surface area (Å²) in [5, 5.41) is 3.11. The van der Waals surface area contributed by atoms with Gasteiger partial charge in [0.2, 0.25) is 0 Å². The summed E-state index contributed by atoms with van der Waals surface area (Å²) in [5.74, 6) is 1.16. The van der Waals surface area contributed by atoms with Crippen molar-refractivity contribution in [2.45, 2.75) is 19.9 Å². The van der Waals surface area contributed by atoms with Crippen molar-refractivity contribution in [3.05, 3.63) is 83.2 Å². The molecule has 0 spiro atoms. The molecule has 2 aromatic carbocycles. The number of aryl methyl sites for hydroxylation is 3. The van der Waals surface area contributed by atoms with E-state index in [-0.39, 0.29) is 5.91 Å². The number of rotatable bonds is 5. The van der Waals surface area contributed by atoms with Gasteiger partial charge in [0, 0.05) is 30.6 Å². The molecule has 1 N–H and O–H groups in total. The first-order valence-electron chi connectivity index (χ1n) is 9.64. The van der Waals surface area contributed by atoms with Gasteiger partial charge in [0.15, 0.2) is 0 Å². The lowest BCUT2D eigenvalue weighted by molar-refractivity contribution is 0.0941. The van der Waals surface area contributed by atoms with Crippen LogP contribution in [0.15, 0.2) is 54.9 Å². The first kappa shape index (κ1) is 19.6. The predicted octanol–water partition coefficient (Wildman–Crippen LogP) is 3.51. The van der Waals surface area contributed by atoms with Crippen LogP contribution in [0.2, 0.25) is 0 Å². The van der Waals surface area contributed by atoms with Crippen LogP contribution in [0.3, 0.4) is 0 Å². The number of fused-ring (bicyclic) bond motifs is 1. The number of amides is 1. The largest absolute Gasteiger partial charge is 0.496 e. The summed E-state index contributed by atoms with van der Waals surface area (Å²) in [6.07, 6.45) is 3.56. The van der Waals surface area contributed by atoms with Gasteiger partial charge in [-0.1, -0.05) is 18.2 Å². The Morgan fingerprint density at radius 1 is 1.07 bits per heavy atom. The van der Waals surface area contributed by atoms with Gasteiger partial charge in [0.25, 0.3) is 5.91 Å². The maximum atomic E-state index is 13.2. The highest BCUT2D eigenvalue weighted by Gasteiger charge is 2.24. The minimum absolute atomic E-state index is 0.226. The van der Waals surface area contributed by atoms with Crippen LogP contribution in [-0.4, -0.2) is 32.5 Å². The molecule has 0 saturated heterocycles. The third-order valence-electron chi connectivity index (χ3n) is 5.18. The summed E-state index contributed by atoms with van der Waals surface area (Å²) in [7, 11) is 3.51. The first-order chi connectivity index (χ1) is 14.5. The summed E-state index contributed by atoms with van der Waals surface area (Å²) in [5.41, 5.74) is 4.52. The molecule has 4 aromatic rings. The van der Waals surface area contributed by atoms with Crippen molar-refractivity contribution in [2.75, 3.05) is 7.11 Å². The van der Waals surface area contributed by atoms with Crippen molar-refractivity contribution in [2.24, 2.45) is 7.05 Å². The van der Waals surface area contributed by atoms with Crippen LogP contribution in [0, 0.1) is 13.8 Å². The zero-order valence-electron chi connectivity index (χ0n) is 17.4. The molecule has 0 unspecified atom stereocenters. The summed E-state index contributed by atoms with van der Waals surface area (Å²) in [4.78, 5) is 26.8. The van der Waals surface area contributed by atoms with Gasteiger partial charge in [-0.15, -0.1) is 0 Å². The van der Waals surface area contributed by atoms with E-state index < -0.39 is 6.04 Å². The average Bonchev–Trinajstić information content (AvgIpc) is 3.18. The molecule has 7 heteroatoms. The number of imidazole rings is 1. The molecule has 0 aliphatic rings. The number of aromatic nitrogens is 4. The second kappa shape index (κ2) is 7.94. The zero-order valence-corrected chi connectivity index (χ0v) is 17.4. The van der Waals surface area contributed by atoms with Crippen LogP contribution in [0.1, 0.15) is 39.2 Å². The lowest BCUT2D eigenvalue weighted by Crippen LogP contribution is -2.31. The maximum absolute atomic E-state index is 13.2.